The van der Waals surface area contributed by atoms with Crippen LogP contribution in [0.1, 0.15) is 45.7 Å². The number of ether oxygens (including phenoxy) is 2. The van der Waals surface area contributed by atoms with Gasteiger partial charge >= 0.3 is 6.09 Å². The number of hydrogen-bond donors (Lipinski definition) is 0. The zero-order valence-corrected chi connectivity index (χ0v) is 15.4. The molecule has 0 aliphatic carbocycles. The number of likely N-dealkylation sites (tertiary alicyclic amines) is 1. The molecule has 1 aromatic rings. The van der Waals surface area contributed by atoms with Gasteiger partial charge in [-0.2, -0.15) is 0 Å². The van der Waals surface area contributed by atoms with E-state index in [1.165, 1.54) is 0 Å². The highest BCUT2D eigenvalue weighted by molar-refractivity contribution is 6.29. The Labute approximate surface area is 148 Å². The molecule has 2 rings (SSSR count). The van der Waals surface area contributed by atoms with Crippen molar-refractivity contribution in [3.8, 4) is 0 Å². The van der Waals surface area contributed by atoms with Crippen LogP contribution in [-0.4, -0.2) is 46.3 Å². The molecule has 1 amide bonds. The quantitative estimate of drug-likeness (QED) is 0.754. The summed E-state index contributed by atoms with van der Waals surface area (Å²) in [6.45, 7) is 8.12. The normalized spacial score (nSPS) is 18.5. The summed E-state index contributed by atoms with van der Waals surface area (Å²) in [5, 5.41) is 0.381. The molecule has 24 heavy (non-hydrogen) atoms. The lowest BCUT2D eigenvalue weighted by Crippen LogP contribution is -2.43. The van der Waals surface area contributed by atoms with Gasteiger partial charge in [0.2, 0.25) is 0 Å². The third kappa shape index (κ3) is 6.24. The van der Waals surface area contributed by atoms with E-state index in [0.717, 1.165) is 32.4 Å². The van der Waals surface area contributed by atoms with E-state index in [1.54, 1.807) is 17.3 Å². The van der Waals surface area contributed by atoms with Crippen LogP contribution in [0.4, 0.5) is 4.79 Å². The number of hydrogen-bond acceptors (Lipinski definition) is 5. The molecular formula is C17H26ClN3O3. The second-order valence-electron chi connectivity index (χ2n) is 7.07. The molecule has 1 fully saturated rings. The van der Waals surface area contributed by atoms with Crippen LogP contribution in [0.25, 0.3) is 0 Å². The van der Waals surface area contributed by atoms with Crippen molar-refractivity contribution >= 4 is 17.7 Å². The SMILES string of the molecule is CC(C)(C)OC(=O)N1CCCC(CCOCc2nccnc2Cl)C1. The maximum absolute atomic E-state index is 12.2. The van der Waals surface area contributed by atoms with Crippen molar-refractivity contribution in [2.24, 2.45) is 5.92 Å². The van der Waals surface area contributed by atoms with E-state index in [4.69, 9.17) is 21.1 Å². The van der Waals surface area contributed by atoms with Gasteiger partial charge in [-0.05, 0) is 46.0 Å². The van der Waals surface area contributed by atoms with Crippen LogP contribution in [0.2, 0.25) is 5.15 Å². The van der Waals surface area contributed by atoms with Gasteiger partial charge in [0.25, 0.3) is 0 Å². The Morgan fingerprint density at radius 2 is 2.12 bits per heavy atom. The maximum atomic E-state index is 12.2. The predicted molar refractivity (Wildman–Crippen MR) is 91.8 cm³/mol. The summed E-state index contributed by atoms with van der Waals surface area (Å²) < 4.78 is 11.1. The summed E-state index contributed by atoms with van der Waals surface area (Å²) in [6, 6.07) is 0. The van der Waals surface area contributed by atoms with E-state index < -0.39 is 5.60 Å². The fourth-order valence-electron chi connectivity index (χ4n) is 2.66. The predicted octanol–water partition coefficient (Wildman–Crippen LogP) is 3.68. The molecule has 1 unspecified atom stereocenters. The highest BCUT2D eigenvalue weighted by atomic mass is 35.5. The first-order valence-electron chi connectivity index (χ1n) is 8.36. The highest BCUT2D eigenvalue weighted by Crippen LogP contribution is 2.22. The van der Waals surface area contributed by atoms with Crippen LogP contribution in [-0.2, 0) is 16.1 Å². The lowest BCUT2D eigenvalue weighted by molar-refractivity contribution is 0.0135. The molecule has 134 valence electrons. The average molecular weight is 356 g/mol. The number of carbonyl (C=O) groups is 1. The van der Waals surface area contributed by atoms with E-state index in [0.29, 0.717) is 30.0 Å². The number of amides is 1. The minimum Gasteiger partial charge on any atom is -0.444 e. The second-order valence-corrected chi connectivity index (χ2v) is 7.43. The summed E-state index contributed by atoms with van der Waals surface area (Å²) in [5.41, 5.74) is 0.196. The number of carbonyl (C=O) groups excluding carboxylic acids is 1. The van der Waals surface area contributed by atoms with Gasteiger partial charge in [-0.25, -0.2) is 9.78 Å². The van der Waals surface area contributed by atoms with Crippen molar-refractivity contribution in [2.45, 2.75) is 52.2 Å². The smallest absolute Gasteiger partial charge is 0.410 e. The van der Waals surface area contributed by atoms with Crippen molar-refractivity contribution in [2.75, 3.05) is 19.7 Å². The molecule has 0 N–H and O–H groups in total. The van der Waals surface area contributed by atoms with Crippen molar-refractivity contribution in [3.63, 3.8) is 0 Å². The van der Waals surface area contributed by atoms with Gasteiger partial charge in [-0.15, -0.1) is 0 Å². The molecule has 0 radical (unpaired) electrons. The van der Waals surface area contributed by atoms with Crippen LogP contribution in [0.15, 0.2) is 12.4 Å². The molecule has 7 heteroatoms. The van der Waals surface area contributed by atoms with Crippen LogP contribution < -0.4 is 0 Å². The van der Waals surface area contributed by atoms with Gasteiger partial charge in [-0.1, -0.05) is 11.6 Å². The summed E-state index contributed by atoms with van der Waals surface area (Å²) in [6.07, 6.45) is 5.94. The average Bonchev–Trinajstić information content (AvgIpc) is 2.52. The molecule has 6 nitrogen and oxygen atoms in total. The van der Waals surface area contributed by atoms with Gasteiger partial charge in [0.1, 0.15) is 11.3 Å². The molecular weight excluding hydrogens is 330 g/mol. The number of rotatable bonds is 5. The lowest BCUT2D eigenvalue weighted by atomic mass is 9.95. The van der Waals surface area contributed by atoms with E-state index in [9.17, 15) is 4.79 Å². The van der Waals surface area contributed by atoms with E-state index in [-0.39, 0.29) is 6.09 Å². The molecule has 0 bridgehead atoms. The third-order valence-corrected chi connectivity index (χ3v) is 4.12. The van der Waals surface area contributed by atoms with Gasteiger partial charge in [-0.3, -0.25) is 4.98 Å². The molecule has 0 aromatic carbocycles. The molecule has 0 spiro atoms. The van der Waals surface area contributed by atoms with Crippen molar-refractivity contribution in [1.29, 1.82) is 0 Å². The Morgan fingerprint density at radius 1 is 1.38 bits per heavy atom. The molecule has 1 atom stereocenters. The Bertz CT molecular complexity index is 548. The van der Waals surface area contributed by atoms with E-state index in [1.807, 2.05) is 20.8 Å². The minimum absolute atomic E-state index is 0.223. The van der Waals surface area contributed by atoms with Crippen molar-refractivity contribution in [1.82, 2.24) is 14.9 Å². The fourth-order valence-corrected chi connectivity index (χ4v) is 2.82. The highest BCUT2D eigenvalue weighted by Gasteiger charge is 2.27. The van der Waals surface area contributed by atoms with E-state index in [2.05, 4.69) is 9.97 Å². The van der Waals surface area contributed by atoms with Crippen LogP contribution >= 0.6 is 11.6 Å². The van der Waals surface area contributed by atoms with Crippen LogP contribution in [0.5, 0.6) is 0 Å². The van der Waals surface area contributed by atoms with Crippen molar-refractivity contribution in [3.05, 3.63) is 23.2 Å². The zero-order valence-electron chi connectivity index (χ0n) is 14.6. The van der Waals surface area contributed by atoms with Gasteiger partial charge in [0.15, 0.2) is 5.15 Å². The summed E-state index contributed by atoms with van der Waals surface area (Å²) in [5.74, 6) is 0.434. The Morgan fingerprint density at radius 3 is 2.83 bits per heavy atom. The van der Waals surface area contributed by atoms with Gasteiger partial charge in [0.05, 0.1) is 6.61 Å². The van der Waals surface area contributed by atoms with Gasteiger partial charge < -0.3 is 14.4 Å². The Hall–Kier alpha value is -1.40. The minimum atomic E-state index is -0.455. The molecule has 1 aromatic heterocycles. The molecule has 2 heterocycles. The zero-order chi connectivity index (χ0) is 17.6. The molecule has 0 saturated carbocycles. The molecule has 1 aliphatic rings. The van der Waals surface area contributed by atoms with Crippen LogP contribution in [0, 0.1) is 5.92 Å². The number of nitrogens with zero attached hydrogens (tertiary/aromatic N) is 3. The van der Waals surface area contributed by atoms with Gasteiger partial charge in [0, 0.05) is 32.1 Å². The lowest BCUT2D eigenvalue weighted by Gasteiger charge is -2.34. The summed E-state index contributed by atoms with van der Waals surface area (Å²) in [7, 11) is 0. The second kappa shape index (κ2) is 8.62. The molecule has 1 saturated heterocycles. The largest absolute Gasteiger partial charge is 0.444 e. The number of halogens is 1. The Kier molecular flexibility index (Phi) is 6.80. The molecule has 1 aliphatic heterocycles. The monoisotopic (exact) mass is 355 g/mol. The standard InChI is InChI=1S/C17H26ClN3O3/c1-17(2,3)24-16(22)21-9-4-5-13(11-21)6-10-23-12-14-15(18)20-8-7-19-14/h7-8,13H,4-6,9-12H2,1-3H3. The first-order chi connectivity index (χ1) is 11.3. The topological polar surface area (TPSA) is 64.5 Å². The number of piperidine rings is 1. The number of aromatic nitrogens is 2. The van der Waals surface area contributed by atoms with Crippen molar-refractivity contribution < 1.29 is 14.3 Å². The maximum Gasteiger partial charge on any atom is 0.410 e. The Balaban J connectivity index is 1.71. The fraction of sp³-hybridized carbons (Fsp3) is 0.706. The van der Waals surface area contributed by atoms with Crippen LogP contribution in [0.3, 0.4) is 0 Å². The summed E-state index contributed by atoms with van der Waals surface area (Å²) >= 11 is 5.95. The van der Waals surface area contributed by atoms with E-state index >= 15 is 0 Å². The third-order valence-electron chi connectivity index (χ3n) is 3.80. The summed E-state index contributed by atoms with van der Waals surface area (Å²) in [4.78, 5) is 22.1. The first-order valence-corrected chi connectivity index (χ1v) is 8.74. The first kappa shape index (κ1) is 18.9.